The Labute approximate surface area is 169 Å². The summed E-state index contributed by atoms with van der Waals surface area (Å²) in [5.74, 6) is -1.53. The fourth-order valence-electron chi connectivity index (χ4n) is 2.65. The largest absolute Gasteiger partial charge is 0.416 e. The average molecular weight is 418 g/mol. The first kappa shape index (κ1) is 20.3. The van der Waals surface area contributed by atoms with Crippen LogP contribution in [0.15, 0.2) is 33.9 Å². The van der Waals surface area contributed by atoms with Crippen molar-refractivity contribution in [3.05, 3.63) is 35.7 Å². The van der Waals surface area contributed by atoms with Gasteiger partial charge < -0.3 is 20.8 Å². The summed E-state index contributed by atoms with van der Waals surface area (Å²) in [5.41, 5.74) is 6.03. The van der Waals surface area contributed by atoms with Gasteiger partial charge >= 0.3 is 6.03 Å². The molecule has 1 aromatic carbocycles. The molecule has 3 rings (SSSR count). The first-order valence-electron chi connectivity index (χ1n) is 8.58. The summed E-state index contributed by atoms with van der Waals surface area (Å²) in [6, 6.07) is 5.27. The zero-order chi connectivity index (χ0) is 21.0. The summed E-state index contributed by atoms with van der Waals surface area (Å²) < 4.78 is 5.47. The van der Waals surface area contributed by atoms with E-state index in [4.69, 9.17) is 10.2 Å². The minimum absolute atomic E-state index is 0.0234. The second kappa shape index (κ2) is 8.73. The minimum Gasteiger partial charge on any atom is -0.416 e. The quantitative estimate of drug-likeness (QED) is 0.465. The number of urea groups is 1. The van der Waals surface area contributed by atoms with Gasteiger partial charge in [0.1, 0.15) is 0 Å². The molecule has 0 bridgehead atoms. The van der Waals surface area contributed by atoms with E-state index in [1.807, 2.05) is 0 Å². The summed E-state index contributed by atoms with van der Waals surface area (Å²) in [6.07, 6.45) is 0.166. The highest BCUT2D eigenvalue weighted by atomic mass is 32.2. The lowest BCUT2D eigenvalue weighted by atomic mass is 9.95. The number of aromatic nitrogens is 2. The first-order chi connectivity index (χ1) is 13.8. The Morgan fingerprint density at radius 2 is 1.97 bits per heavy atom. The molecule has 1 aliphatic rings. The molecular weight excluding hydrogens is 400 g/mol. The van der Waals surface area contributed by atoms with Crippen LogP contribution in [-0.4, -0.2) is 45.7 Å². The number of hydrogen-bond acceptors (Lipinski definition) is 8. The first-order valence-corrected chi connectivity index (χ1v) is 9.56. The molecule has 1 aliphatic heterocycles. The van der Waals surface area contributed by atoms with Gasteiger partial charge in [-0.2, -0.15) is 0 Å². The highest BCUT2D eigenvalue weighted by Gasteiger charge is 2.34. The number of thioether (sulfide) groups is 1. The summed E-state index contributed by atoms with van der Waals surface area (Å²) in [7, 11) is 0. The van der Waals surface area contributed by atoms with Crippen molar-refractivity contribution >= 4 is 41.2 Å². The Morgan fingerprint density at radius 3 is 2.62 bits per heavy atom. The molecule has 0 aliphatic carbocycles. The van der Waals surface area contributed by atoms with E-state index in [0.717, 1.165) is 11.8 Å². The van der Waals surface area contributed by atoms with Crippen LogP contribution in [0.3, 0.4) is 0 Å². The zero-order valence-corrected chi connectivity index (χ0v) is 16.1. The van der Waals surface area contributed by atoms with E-state index in [-0.39, 0.29) is 35.2 Å². The number of nitrogens with one attached hydrogen (secondary N) is 3. The van der Waals surface area contributed by atoms with Crippen LogP contribution in [0, 0.1) is 5.92 Å². The molecule has 2 atom stereocenters. The van der Waals surface area contributed by atoms with Gasteiger partial charge in [-0.1, -0.05) is 11.8 Å². The standard InChI is InChI=1S/C17H18N6O5S/c1-8-11(15(26)21-16(27)19-8)6-13-22-23-17(28-13)29-7-12(24)20-10-4-2-9(3-5-10)14(18)25/h2-5,8,11H,6-7H2,1H3,(H2,18,25)(H,20,24)(H2,19,21,26,27). The monoisotopic (exact) mass is 418 g/mol. The van der Waals surface area contributed by atoms with Crippen LogP contribution in [0.1, 0.15) is 23.2 Å². The average Bonchev–Trinajstić information content (AvgIpc) is 3.11. The number of imide groups is 1. The van der Waals surface area contributed by atoms with Crippen LogP contribution in [0.5, 0.6) is 0 Å². The normalized spacial score (nSPS) is 18.7. The Hall–Kier alpha value is -3.41. The number of nitrogens with zero attached hydrogens (tertiary/aromatic N) is 2. The van der Waals surface area contributed by atoms with E-state index in [2.05, 4.69) is 26.1 Å². The maximum Gasteiger partial charge on any atom is 0.321 e. The molecule has 5 amide bonds. The number of primary amides is 1. The van der Waals surface area contributed by atoms with Crippen molar-refractivity contribution in [1.82, 2.24) is 20.8 Å². The molecule has 1 fully saturated rings. The zero-order valence-electron chi connectivity index (χ0n) is 15.3. The molecule has 0 spiro atoms. The minimum atomic E-state index is -0.548. The summed E-state index contributed by atoms with van der Waals surface area (Å²) in [4.78, 5) is 46.3. The molecule has 1 saturated heterocycles. The van der Waals surface area contributed by atoms with E-state index in [9.17, 15) is 19.2 Å². The van der Waals surface area contributed by atoms with Gasteiger partial charge in [-0.25, -0.2) is 4.79 Å². The fraction of sp³-hybridized carbons (Fsp3) is 0.294. The van der Waals surface area contributed by atoms with Gasteiger partial charge in [0, 0.05) is 23.7 Å². The Morgan fingerprint density at radius 1 is 1.24 bits per heavy atom. The second-order valence-electron chi connectivity index (χ2n) is 6.30. The summed E-state index contributed by atoms with van der Waals surface area (Å²) in [6.45, 7) is 1.72. The van der Waals surface area contributed by atoms with Crippen LogP contribution in [0.2, 0.25) is 0 Å². The van der Waals surface area contributed by atoms with Gasteiger partial charge in [0.05, 0.1) is 11.7 Å². The number of benzene rings is 1. The van der Waals surface area contributed by atoms with Crippen molar-refractivity contribution < 1.29 is 23.6 Å². The van der Waals surface area contributed by atoms with Gasteiger partial charge in [0.25, 0.3) is 5.22 Å². The van der Waals surface area contributed by atoms with Crippen molar-refractivity contribution in [2.45, 2.75) is 24.6 Å². The van der Waals surface area contributed by atoms with Crippen LogP contribution < -0.4 is 21.7 Å². The Balaban J connectivity index is 1.50. The number of amides is 5. The lowest BCUT2D eigenvalue weighted by molar-refractivity contribution is -0.125. The number of hydrogen-bond donors (Lipinski definition) is 4. The van der Waals surface area contributed by atoms with E-state index >= 15 is 0 Å². The van der Waals surface area contributed by atoms with Gasteiger partial charge in [-0.3, -0.25) is 19.7 Å². The molecule has 11 nitrogen and oxygen atoms in total. The Bertz CT molecular complexity index is 944. The molecule has 2 unspecified atom stereocenters. The predicted molar refractivity (Wildman–Crippen MR) is 102 cm³/mol. The molecule has 29 heavy (non-hydrogen) atoms. The fourth-order valence-corrected chi connectivity index (χ4v) is 3.23. The second-order valence-corrected chi connectivity index (χ2v) is 7.23. The molecule has 0 radical (unpaired) electrons. The Kier molecular flexibility index (Phi) is 6.12. The van der Waals surface area contributed by atoms with E-state index in [1.54, 1.807) is 19.1 Å². The molecule has 0 saturated carbocycles. The van der Waals surface area contributed by atoms with E-state index in [1.165, 1.54) is 12.1 Å². The third-order valence-corrected chi connectivity index (χ3v) is 4.98. The molecule has 12 heteroatoms. The molecule has 5 N–H and O–H groups in total. The van der Waals surface area contributed by atoms with Gasteiger partial charge in [0.15, 0.2) is 0 Å². The molecular formula is C17H18N6O5S. The number of rotatable bonds is 7. The van der Waals surface area contributed by atoms with Crippen molar-refractivity contribution in [2.24, 2.45) is 11.7 Å². The number of carbonyl (C=O) groups excluding carboxylic acids is 4. The highest BCUT2D eigenvalue weighted by Crippen LogP contribution is 2.20. The summed E-state index contributed by atoms with van der Waals surface area (Å²) in [5, 5.41) is 15.4. The maximum absolute atomic E-state index is 12.0. The number of nitrogens with two attached hydrogens (primary N) is 1. The molecule has 152 valence electrons. The van der Waals surface area contributed by atoms with Crippen LogP contribution >= 0.6 is 11.8 Å². The maximum atomic E-state index is 12.0. The molecule has 2 aromatic rings. The molecule has 2 heterocycles. The van der Waals surface area contributed by atoms with Crippen LogP contribution in [0.25, 0.3) is 0 Å². The third kappa shape index (κ3) is 5.31. The molecule has 1 aromatic heterocycles. The van der Waals surface area contributed by atoms with Crippen molar-refractivity contribution in [1.29, 1.82) is 0 Å². The summed E-state index contributed by atoms with van der Waals surface area (Å²) >= 11 is 1.04. The van der Waals surface area contributed by atoms with Gasteiger partial charge in [-0.15, -0.1) is 10.2 Å². The highest BCUT2D eigenvalue weighted by molar-refractivity contribution is 7.99. The van der Waals surface area contributed by atoms with E-state index < -0.39 is 23.8 Å². The van der Waals surface area contributed by atoms with Crippen molar-refractivity contribution in [3.63, 3.8) is 0 Å². The van der Waals surface area contributed by atoms with Crippen LogP contribution in [0.4, 0.5) is 10.5 Å². The predicted octanol–water partition coefficient (Wildman–Crippen LogP) is 0.286. The lowest BCUT2D eigenvalue weighted by Crippen LogP contribution is -2.57. The van der Waals surface area contributed by atoms with Gasteiger partial charge in [-0.05, 0) is 31.2 Å². The van der Waals surface area contributed by atoms with Crippen LogP contribution in [-0.2, 0) is 16.0 Å². The van der Waals surface area contributed by atoms with Gasteiger partial charge in [0.2, 0.25) is 23.6 Å². The number of anilines is 1. The number of carbonyl (C=O) groups is 4. The topological polar surface area (TPSA) is 169 Å². The van der Waals surface area contributed by atoms with Crippen molar-refractivity contribution in [2.75, 3.05) is 11.1 Å². The lowest BCUT2D eigenvalue weighted by Gasteiger charge is -2.27. The van der Waals surface area contributed by atoms with E-state index in [0.29, 0.717) is 11.3 Å². The smallest absolute Gasteiger partial charge is 0.321 e. The SMILES string of the molecule is CC1NC(=O)NC(=O)C1Cc1nnc(SCC(=O)Nc2ccc(C(N)=O)cc2)o1. The third-order valence-electron chi connectivity index (χ3n) is 4.16. The van der Waals surface area contributed by atoms with Crippen molar-refractivity contribution in [3.8, 4) is 0 Å².